The van der Waals surface area contributed by atoms with Crippen molar-refractivity contribution in [3.63, 3.8) is 0 Å². The standard InChI is InChI=1S/C15H27N3/c1-4-18(5-2)12-15-8-6-14(7-9-15)11-17-13(3)10-16/h6-9,13,17H,4-5,10-12,16H2,1-3H3. The zero-order chi connectivity index (χ0) is 13.4. The van der Waals surface area contributed by atoms with Crippen molar-refractivity contribution in [2.75, 3.05) is 19.6 Å². The molecule has 0 saturated carbocycles. The third kappa shape index (κ3) is 5.17. The Bertz CT molecular complexity index is 317. The smallest absolute Gasteiger partial charge is 0.0233 e. The van der Waals surface area contributed by atoms with E-state index < -0.39 is 0 Å². The molecule has 0 bridgehead atoms. The van der Waals surface area contributed by atoms with Crippen LogP contribution in [0.2, 0.25) is 0 Å². The Kier molecular flexibility index (Phi) is 6.94. The van der Waals surface area contributed by atoms with Crippen LogP contribution in [0.25, 0.3) is 0 Å². The third-order valence-corrected chi connectivity index (χ3v) is 3.33. The molecule has 1 rings (SSSR count). The Morgan fingerprint density at radius 1 is 1.11 bits per heavy atom. The van der Waals surface area contributed by atoms with Gasteiger partial charge in [0.2, 0.25) is 0 Å². The lowest BCUT2D eigenvalue weighted by Crippen LogP contribution is -2.32. The van der Waals surface area contributed by atoms with Gasteiger partial charge in [0.05, 0.1) is 0 Å². The summed E-state index contributed by atoms with van der Waals surface area (Å²) >= 11 is 0. The summed E-state index contributed by atoms with van der Waals surface area (Å²) in [7, 11) is 0. The fraction of sp³-hybridized carbons (Fsp3) is 0.600. The van der Waals surface area contributed by atoms with E-state index in [1.54, 1.807) is 0 Å². The molecular formula is C15H27N3. The minimum Gasteiger partial charge on any atom is -0.329 e. The van der Waals surface area contributed by atoms with Gasteiger partial charge in [0, 0.05) is 25.7 Å². The highest BCUT2D eigenvalue weighted by Gasteiger charge is 2.02. The number of rotatable bonds is 8. The minimum atomic E-state index is 0.375. The first-order valence-corrected chi connectivity index (χ1v) is 6.93. The molecule has 0 fully saturated rings. The second-order valence-electron chi connectivity index (χ2n) is 4.80. The van der Waals surface area contributed by atoms with Crippen LogP contribution in [0.15, 0.2) is 24.3 Å². The SMILES string of the molecule is CCN(CC)Cc1ccc(CNC(C)CN)cc1. The zero-order valence-electron chi connectivity index (χ0n) is 11.9. The summed E-state index contributed by atoms with van der Waals surface area (Å²) in [6, 6.07) is 9.23. The van der Waals surface area contributed by atoms with E-state index in [1.165, 1.54) is 11.1 Å². The molecule has 0 heterocycles. The van der Waals surface area contributed by atoms with Crippen molar-refractivity contribution in [2.24, 2.45) is 5.73 Å². The van der Waals surface area contributed by atoms with Gasteiger partial charge in [0.25, 0.3) is 0 Å². The average Bonchev–Trinajstić information content (AvgIpc) is 2.43. The van der Waals surface area contributed by atoms with E-state index in [2.05, 4.69) is 55.3 Å². The van der Waals surface area contributed by atoms with Crippen molar-refractivity contribution >= 4 is 0 Å². The molecule has 3 N–H and O–H groups in total. The predicted octanol–water partition coefficient (Wildman–Crippen LogP) is 1.97. The number of nitrogens with one attached hydrogen (secondary N) is 1. The Hall–Kier alpha value is -0.900. The van der Waals surface area contributed by atoms with Crippen LogP contribution in [-0.2, 0) is 13.1 Å². The van der Waals surface area contributed by atoms with Gasteiger partial charge in [-0.25, -0.2) is 0 Å². The Morgan fingerprint density at radius 3 is 2.17 bits per heavy atom. The van der Waals surface area contributed by atoms with Gasteiger partial charge in [-0.15, -0.1) is 0 Å². The molecule has 0 aromatic heterocycles. The first-order chi connectivity index (χ1) is 8.69. The van der Waals surface area contributed by atoms with Crippen LogP contribution in [0, 0.1) is 0 Å². The quantitative estimate of drug-likeness (QED) is 0.740. The van der Waals surface area contributed by atoms with E-state index in [1.807, 2.05) is 0 Å². The van der Waals surface area contributed by atoms with Crippen LogP contribution in [0.3, 0.4) is 0 Å². The third-order valence-electron chi connectivity index (χ3n) is 3.33. The highest BCUT2D eigenvalue weighted by molar-refractivity contribution is 5.22. The molecule has 18 heavy (non-hydrogen) atoms. The van der Waals surface area contributed by atoms with Gasteiger partial charge in [0.15, 0.2) is 0 Å². The number of nitrogens with zero attached hydrogens (tertiary/aromatic N) is 1. The lowest BCUT2D eigenvalue weighted by molar-refractivity contribution is 0.296. The summed E-state index contributed by atoms with van der Waals surface area (Å²) in [5, 5.41) is 3.40. The summed E-state index contributed by atoms with van der Waals surface area (Å²) in [5.41, 5.74) is 8.28. The van der Waals surface area contributed by atoms with Crippen molar-refractivity contribution in [1.29, 1.82) is 0 Å². The van der Waals surface area contributed by atoms with Crippen LogP contribution in [-0.4, -0.2) is 30.6 Å². The topological polar surface area (TPSA) is 41.3 Å². The van der Waals surface area contributed by atoms with Crippen molar-refractivity contribution in [3.8, 4) is 0 Å². The molecule has 3 heteroatoms. The Balaban J connectivity index is 2.47. The zero-order valence-corrected chi connectivity index (χ0v) is 11.9. The first kappa shape index (κ1) is 15.2. The monoisotopic (exact) mass is 249 g/mol. The van der Waals surface area contributed by atoms with Gasteiger partial charge in [-0.05, 0) is 31.1 Å². The van der Waals surface area contributed by atoms with E-state index in [0.29, 0.717) is 12.6 Å². The van der Waals surface area contributed by atoms with Crippen molar-refractivity contribution in [3.05, 3.63) is 35.4 Å². The summed E-state index contributed by atoms with van der Waals surface area (Å²) in [6.07, 6.45) is 0. The van der Waals surface area contributed by atoms with Crippen molar-refractivity contribution in [2.45, 2.75) is 39.9 Å². The lowest BCUT2D eigenvalue weighted by Gasteiger charge is -2.18. The second kappa shape index (κ2) is 8.25. The van der Waals surface area contributed by atoms with Gasteiger partial charge in [-0.2, -0.15) is 0 Å². The second-order valence-corrected chi connectivity index (χ2v) is 4.80. The number of hydrogen-bond acceptors (Lipinski definition) is 3. The van der Waals surface area contributed by atoms with Crippen molar-refractivity contribution in [1.82, 2.24) is 10.2 Å². The van der Waals surface area contributed by atoms with Gasteiger partial charge in [-0.1, -0.05) is 38.1 Å². The fourth-order valence-corrected chi connectivity index (χ4v) is 1.84. The summed E-state index contributed by atoms with van der Waals surface area (Å²) in [4.78, 5) is 2.42. The number of hydrogen-bond donors (Lipinski definition) is 2. The van der Waals surface area contributed by atoms with Crippen LogP contribution in [0.4, 0.5) is 0 Å². The highest BCUT2D eigenvalue weighted by Crippen LogP contribution is 2.07. The van der Waals surface area contributed by atoms with Gasteiger partial charge >= 0.3 is 0 Å². The maximum absolute atomic E-state index is 5.58. The van der Waals surface area contributed by atoms with Crippen LogP contribution < -0.4 is 11.1 Å². The molecular weight excluding hydrogens is 222 g/mol. The van der Waals surface area contributed by atoms with E-state index in [4.69, 9.17) is 5.73 Å². The summed E-state index contributed by atoms with van der Waals surface area (Å²) in [5.74, 6) is 0. The minimum absolute atomic E-state index is 0.375. The first-order valence-electron chi connectivity index (χ1n) is 6.93. The molecule has 0 saturated heterocycles. The molecule has 3 nitrogen and oxygen atoms in total. The molecule has 0 aliphatic heterocycles. The van der Waals surface area contributed by atoms with Gasteiger partial charge < -0.3 is 11.1 Å². The van der Waals surface area contributed by atoms with E-state index >= 15 is 0 Å². The molecule has 0 spiro atoms. The molecule has 1 aromatic carbocycles. The molecule has 0 amide bonds. The predicted molar refractivity (Wildman–Crippen MR) is 78.4 cm³/mol. The Morgan fingerprint density at radius 2 is 1.67 bits per heavy atom. The largest absolute Gasteiger partial charge is 0.329 e. The van der Waals surface area contributed by atoms with Crippen LogP contribution >= 0.6 is 0 Å². The maximum atomic E-state index is 5.58. The molecule has 1 aromatic rings. The molecule has 0 aliphatic carbocycles. The molecule has 102 valence electrons. The molecule has 0 aliphatic rings. The number of nitrogens with two attached hydrogens (primary N) is 1. The van der Waals surface area contributed by atoms with E-state index in [9.17, 15) is 0 Å². The van der Waals surface area contributed by atoms with Gasteiger partial charge in [0.1, 0.15) is 0 Å². The van der Waals surface area contributed by atoms with E-state index in [0.717, 1.165) is 26.2 Å². The summed E-state index contributed by atoms with van der Waals surface area (Å²) < 4.78 is 0. The normalized spacial score (nSPS) is 12.9. The van der Waals surface area contributed by atoms with Crippen LogP contribution in [0.5, 0.6) is 0 Å². The highest BCUT2D eigenvalue weighted by atomic mass is 15.1. The van der Waals surface area contributed by atoms with E-state index in [-0.39, 0.29) is 0 Å². The van der Waals surface area contributed by atoms with Crippen LogP contribution in [0.1, 0.15) is 31.9 Å². The number of benzene rings is 1. The average molecular weight is 249 g/mol. The molecule has 1 unspecified atom stereocenters. The maximum Gasteiger partial charge on any atom is 0.0233 e. The Labute approximate surface area is 111 Å². The lowest BCUT2D eigenvalue weighted by atomic mass is 10.1. The molecule has 0 radical (unpaired) electrons. The fourth-order valence-electron chi connectivity index (χ4n) is 1.84. The van der Waals surface area contributed by atoms with Gasteiger partial charge in [-0.3, -0.25) is 4.90 Å². The van der Waals surface area contributed by atoms with Crippen molar-refractivity contribution < 1.29 is 0 Å². The summed E-state index contributed by atoms with van der Waals surface area (Å²) in [6.45, 7) is 11.3. The molecule has 1 atom stereocenters.